The van der Waals surface area contributed by atoms with Gasteiger partial charge in [-0.15, -0.1) is 0 Å². The molecule has 0 atom stereocenters. The Hall–Kier alpha value is -2.30. The number of hydrogen-bond donors (Lipinski definition) is 3. The summed E-state index contributed by atoms with van der Waals surface area (Å²) in [6, 6.07) is 9.90. The van der Waals surface area contributed by atoms with Gasteiger partial charge in [0.15, 0.2) is 0 Å². The summed E-state index contributed by atoms with van der Waals surface area (Å²) in [7, 11) is -3.84. The van der Waals surface area contributed by atoms with Crippen molar-refractivity contribution in [3.8, 4) is 0 Å². The number of nitrogens with zero attached hydrogens (tertiary/aromatic N) is 2. The van der Waals surface area contributed by atoms with Crippen LogP contribution in [0, 0.1) is 6.92 Å². The zero-order valence-electron chi connectivity index (χ0n) is 16.6. The summed E-state index contributed by atoms with van der Waals surface area (Å²) in [5, 5.41) is 3.82. The number of pyridine rings is 1. The van der Waals surface area contributed by atoms with Gasteiger partial charge < -0.3 is 0 Å². The Morgan fingerprint density at radius 3 is 2.65 bits per heavy atom. The van der Waals surface area contributed by atoms with E-state index in [0.29, 0.717) is 20.9 Å². The maximum absolute atomic E-state index is 12.8. The van der Waals surface area contributed by atoms with Crippen molar-refractivity contribution >= 4 is 57.9 Å². The number of aryl methyl sites for hydroxylation is 1. The summed E-state index contributed by atoms with van der Waals surface area (Å²) in [6.07, 6.45) is 0. The first kappa shape index (κ1) is 25.0. The molecule has 0 aliphatic heterocycles. The van der Waals surface area contributed by atoms with Crippen molar-refractivity contribution in [1.29, 1.82) is 0 Å². The molecule has 1 aromatic carbocycles. The van der Waals surface area contributed by atoms with Crippen LogP contribution in [0.25, 0.3) is 0 Å². The van der Waals surface area contributed by atoms with E-state index in [1.54, 1.807) is 37.3 Å². The average Bonchev–Trinajstić information content (AvgIpc) is 2.68. The van der Waals surface area contributed by atoms with Crippen LogP contribution in [0.1, 0.15) is 11.3 Å². The van der Waals surface area contributed by atoms with Crippen LogP contribution in [0.2, 0.25) is 5.21 Å². The first-order valence-corrected chi connectivity index (χ1v) is 13.7. The van der Waals surface area contributed by atoms with E-state index in [-0.39, 0.29) is 35.1 Å². The van der Waals surface area contributed by atoms with Crippen LogP contribution in [0.3, 0.4) is 0 Å². The number of benzene rings is 1. The first-order valence-electron chi connectivity index (χ1n) is 8.94. The van der Waals surface area contributed by atoms with Crippen LogP contribution in [0.15, 0.2) is 50.8 Å². The standard InChI is InChI=1S/C18H22AsBrN5O5S/c1-12-6-7-15(24-31(28,29)11-13-4-2-3-5-14(13)20)17(27)25(12)10-16(26)19-8-9-30-23-18(21)22/h2-7,24H,8-11H2,1H3,(H4,21,22,23). The molecule has 0 amide bonds. The average molecular weight is 575 g/mol. The van der Waals surface area contributed by atoms with Gasteiger partial charge in [-0.3, -0.25) is 0 Å². The minimum atomic E-state index is -3.84. The van der Waals surface area contributed by atoms with Gasteiger partial charge in [0.2, 0.25) is 0 Å². The Labute approximate surface area is 194 Å². The number of anilines is 1. The number of guanidine groups is 1. The van der Waals surface area contributed by atoms with E-state index in [0.717, 1.165) is 0 Å². The Kier molecular flexibility index (Phi) is 9.14. The van der Waals surface area contributed by atoms with Crippen molar-refractivity contribution in [2.75, 3.05) is 11.3 Å². The maximum atomic E-state index is 12.8. The quantitative estimate of drug-likeness (QED) is 0.117. The Morgan fingerprint density at radius 1 is 1.26 bits per heavy atom. The fourth-order valence-electron chi connectivity index (χ4n) is 2.49. The number of aromatic nitrogens is 1. The summed E-state index contributed by atoms with van der Waals surface area (Å²) >= 11 is 2.55. The molecule has 0 bridgehead atoms. The minimum absolute atomic E-state index is 0.113. The van der Waals surface area contributed by atoms with Gasteiger partial charge in [-0.05, 0) is 0 Å². The molecule has 0 fully saturated rings. The van der Waals surface area contributed by atoms with Gasteiger partial charge in [0.25, 0.3) is 0 Å². The third kappa shape index (κ3) is 8.04. The zero-order chi connectivity index (χ0) is 23.0. The molecule has 2 rings (SSSR count). The number of nitrogens with one attached hydrogen (secondary N) is 1. The van der Waals surface area contributed by atoms with E-state index >= 15 is 0 Å². The molecule has 5 N–H and O–H groups in total. The molecule has 0 aliphatic rings. The van der Waals surface area contributed by atoms with Crippen molar-refractivity contribution in [2.24, 2.45) is 16.6 Å². The molecule has 0 aliphatic carbocycles. The summed E-state index contributed by atoms with van der Waals surface area (Å²) in [5.41, 5.74) is 10.7. The van der Waals surface area contributed by atoms with E-state index in [2.05, 4.69) is 25.8 Å². The van der Waals surface area contributed by atoms with Crippen LogP contribution >= 0.6 is 15.9 Å². The number of halogens is 1. The van der Waals surface area contributed by atoms with E-state index < -0.39 is 31.3 Å². The number of oxime groups is 1. The third-order valence-corrected chi connectivity index (χ3v) is 7.78. The number of nitrogens with two attached hydrogens (primary N) is 2. The second-order valence-electron chi connectivity index (χ2n) is 6.36. The SMILES string of the molecule is Cc1ccc(NS(=O)(=O)Cc2ccccc2Br)c(=O)n1CC(=O)[As]CCON=C(N)N. The Balaban J connectivity index is 2.08. The normalized spacial score (nSPS) is 11.4. The number of sulfonamides is 1. The van der Waals surface area contributed by atoms with Gasteiger partial charge in [0, 0.05) is 0 Å². The molecule has 31 heavy (non-hydrogen) atoms. The number of carbonyl (C=O) groups excluding carboxylic acids is 1. The van der Waals surface area contributed by atoms with Gasteiger partial charge in [-0.25, -0.2) is 0 Å². The fourth-order valence-corrected chi connectivity index (χ4v) is 5.71. The summed E-state index contributed by atoms with van der Waals surface area (Å²) in [4.78, 5) is 29.9. The predicted octanol–water partition coefficient (Wildman–Crippen LogP) is 0.715. The van der Waals surface area contributed by atoms with Crippen LogP contribution in [-0.2, 0) is 32.0 Å². The van der Waals surface area contributed by atoms with Crippen molar-refractivity contribution in [3.63, 3.8) is 0 Å². The molecule has 13 heteroatoms. The van der Waals surface area contributed by atoms with Crippen LogP contribution in [0.4, 0.5) is 5.69 Å². The molecule has 10 nitrogen and oxygen atoms in total. The van der Waals surface area contributed by atoms with Crippen molar-refractivity contribution in [1.82, 2.24) is 4.57 Å². The molecule has 1 heterocycles. The van der Waals surface area contributed by atoms with Gasteiger partial charge in [0.1, 0.15) is 0 Å². The van der Waals surface area contributed by atoms with Gasteiger partial charge >= 0.3 is 195 Å². The molecule has 1 aromatic heterocycles. The third-order valence-electron chi connectivity index (χ3n) is 3.90. The molecular weight excluding hydrogens is 553 g/mol. The van der Waals surface area contributed by atoms with Crippen molar-refractivity contribution < 1.29 is 18.0 Å². The predicted molar refractivity (Wildman–Crippen MR) is 123 cm³/mol. The first-order chi connectivity index (χ1) is 14.6. The molecule has 2 aromatic rings. The van der Waals surface area contributed by atoms with E-state index in [4.69, 9.17) is 16.3 Å². The second-order valence-corrected chi connectivity index (χ2v) is 11.6. The molecule has 0 spiro atoms. The number of carbonyl (C=O) groups is 1. The second kappa shape index (κ2) is 11.4. The summed E-state index contributed by atoms with van der Waals surface area (Å²) in [5.74, 6) is -0.509. The van der Waals surface area contributed by atoms with Crippen molar-refractivity contribution in [2.45, 2.75) is 24.4 Å². The van der Waals surface area contributed by atoms with Gasteiger partial charge in [0.05, 0.1) is 0 Å². The van der Waals surface area contributed by atoms with Gasteiger partial charge in [-0.2, -0.15) is 0 Å². The van der Waals surface area contributed by atoms with Crippen LogP contribution < -0.4 is 21.7 Å². The molecular formula is C18H22AsBrN5O5S. The number of hydrogen-bond acceptors (Lipinski definition) is 6. The zero-order valence-corrected chi connectivity index (χ0v) is 20.9. The fraction of sp³-hybridized carbons (Fsp3) is 0.278. The van der Waals surface area contributed by atoms with Gasteiger partial charge in [-0.1, -0.05) is 0 Å². The topological polar surface area (TPSA) is 159 Å². The Bertz CT molecular complexity index is 1130. The monoisotopic (exact) mass is 574 g/mol. The van der Waals surface area contributed by atoms with Crippen LogP contribution in [0.5, 0.6) is 0 Å². The van der Waals surface area contributed by atoms with E-state index in [9.17, 15) is 18.0 Å². The molecule has 0 saturated heterocycles. The van der Waals surface area contributed by atoms with E-state index in [1.165, 1.54) is 10.6 Å². The molecule has 0 saturated carbocycles. The molecule has 167 valence electrons. The van der Waals surface area contributed by atoms with E-state index in [1.807, 2.05) is 0 Å². The van der Waals surface area contributed by atoms with Crippen LogP contribution in [-0.4, -0.2) is 45.9 Å². The molecule has 1 radical (unpaired) electrons. The number of rotatable bonds is 11. The molecule has 0 unspecified atom stereocenters. The summed E-state index contributed by atoms with van der Waals surface area (Å²) in [6.45, 7) is 1.71. The van der Waals surface area contributed by atoms with Crippen molar-refractivity contribution in [3.05, 3.63) is 62.5 Å². The Morgan fingerprint density at radius 2 is 1.97 bits per heavy atom. The summed E-state index contributed by atoms with van der Waals surface area (Å²) < 4.78 is 29.2.